The molecule has 0 radical (unpaired) electrons. The van der Waals surface area contributed by atoms with Crippen LogP contribution in [-0.2, 0) is 11.3 Å². The van der Waals surface area contributed by atoms with Crippen molar-refractivity contribution >= 4 is 5.91 Å². The number of nitrogens with two attached hydrogens (primary N) is 1. The van der Waals surface area contributed by atoms with Gasteiger partial charge in [0.25, 0.3) is 0 Å². The molecule has 2 aromatic rings. The van der Waals surface area contributed by atoms with Gasteiger partial charge in [-0.25, -0.2) is 0 Å². The Hall–Kier alpha value is -2.73. The molecule has 0 saturated heterocycles. The molecule has 6 heteroatoms. The summed E-state index contributed by atoms with van der Waals surface area (Å²) < 4.78 is 15.9. The van der Waals surface area contributed by atoms with E-state index in [1.54, 1.807) is 33.5 Å². The standard InChI is InChI=1S/C19H24N2O4/c1-12-5-7-13(8-6-12)18(20)19(22)21-11-14-9-16(24-3)17(25-4)10-15(14)23-2/h5-10,18H,11,20H2,1-4H3,(H,21,22). The Morgan fingerprint density at radius 1 is 1.00 bits per heavy atom. The molecular weight excluding hydrogens is 320 g/mol. The molecule has 0 aliphatic rings. The zero-order chi connectivity index (χ0) is 18.4. The van der Waals surface area contributed by atoms with Crippen molar-refractivity contribution in [2.45, 2.75) is 19.5 Å². The normalized spacial score (nSPS) is 11.6. The summed E-state index contributed by atoms with van der Waals surface area (Å²) in [4.78, 5) is 12.3. The number of methoxy groups -OCH3 is 3. The number of aryl methyl sites for hydroxylation is 1. The van der Waals surface area contributed by atoms with Crippen LogP contribution in [0, 0.1) is 6.92 Å². The molecule has 2 rings (SSSR count). The van der Waals surface area contributed by atoms with Crippen LogP contribution in [0.2, 0.25) is 0 Å². The summed E-state index contributed by atoms with van der Waals surface area (Å²) in [6.45, 7) is 2.25. The lowest BCUT2D eigenvalue weighted by Gasteiger charge is -2.16. The Bertz CT molecular complexity index is 729. The minimum atomic E-state index is -0.730. The van der Waals surface area contributed by atoms with Crippen molar-refractivity contribution in [2.75, 3.05) is 21.3 Å². The summed E-state index contributed by atoms with van der Waals surface area (Å²) in [5.41, 5.74) is 8.69. The van der Waals surface area contributed by atoms with E-state index >= 15 is 0 Å². The van der Waals surface area contributed by atoms with Crippen LogP contribution in [0.5, 0.6) is 17.2 Å². The van der Waals surface area contributed by atoms with Crippen molar-refractivity contribution in [3.05, 3.63) is 53.1 Å². The minimum absolute atomic E-state index is 0.263. The molecule has 3 N–H and O–H groups in total. The number of nitrogens with one attached hydrogen (secondary N) is 1. The van der Waals surface area contributed by atoms with Crippen LogP contribution < -0.4 is 25.3 Å². The topological polar surface area (TPSA) is 82.8 Å². The van der Waals surface area contributed by atoms with E-state index in [1.165, 1.54) is 0 Å². The molecule has 0 fully saturated rings. The molecular formula is C19H24N2O4. The van der Waals surface area contributed by atoms with Gasteiger partial charge in [-0.3, -0.25) is 4.79 Å². The Balaban J connectivity index is 2.11. The number of rotatable bonds is 7. The second-order valence-electron chi connectivity index (χ2n) is 5.63. The zero-order valence-corrected chi connectivity index (χ0v) is 15.0. The molecule has 1 amide bonds. The first-order valence-electron chi connectivity index (χ1n) is 7.89. The third kappa shape index (κ3) is 4.42. The van der Waals surface area contributed by atoms with Gasteiger partial charge in [-0.1, -0.05) is 29.8 Å². The highest BCUT2D eigenvalue weighted by Crippen LogP contribution is 2.34. The minimum Gasteiger partial charge on any atom is -0.496 e. The number of carbonyl (C=O) groups excluding carboxylic acids is 1. The lowest BCUT2D eigenvalue weighted by Crippen LogP contribution is -2.33. The predicted molar refractivity (Wildman–Crippen MR) is 96.1 cm³/mol. The van der Waals surface area contributed by atoms with Gasteiger partial charge in [0.05, 0.1) is 21.3 Å². The second-order valence-corrected chi connectivity index (χ2v) is 5.63. The predicted octanol–water partition coefficient (Wildman–Crippen LogP) is 2.34. The molecule has 2 aromatic carbocycles. The smallest absolute Gasteiger partial charge is 0.241 e. The van der Waals surface area contributed by atoms with Gasteiger partial charge in [0, 0.05) is 18.2 Å². The highest BCUT2D eigenvalue weighted by molar-refractivity contribution is 5.83. The summed E-state index contributed by atoms with van der Waals surface area (Å²) in [6.07, 6.45) is 0. The number of benzene rings is 2. The third-order valence-electron chi connectivity index (χ3n) is 3.96. The van der Waals surface area contributed by atoms with Gasteiger partial charge in [0.15, 0.2) is 11.5 Å². The van der Waals surface area contributed by atoms with Crippen LogP contribution >= 0.6 is 0 Å². The van der Waals surface area contributed by atoms with E-state index in [0.717, 1.165) is 16.7 Å². The molecule has 0 heterocycles. The molecule has 0 aromatic heterocycles. The average Bonchev–Trinajstić information content (AvgIpc) is 2.65. The quantitative estimate of drug-likeness (QED) is 0.805. The van der Waals surface area contributed by atoms with E-state index < -0.39 is 6.04 Å². The molecule has 6 nitrogen and oxygen atoms in total. The van der Waals surface area contributed by atoms with Crippen LogP contribution in [-0.4, -0.2) is 27.2 Å². The molecule has 1 unspecified atom stereocenters. The number of amides is 1. The van der Waals surface area contributed by atoms with Crippen LogP contribution in [0.25, 0.3) is 0 Å². The molecule has 134 valence electrons. The molecule has 25 heavy (non-hydrogen) atoms. The average molecular weight is 344 g/mol. The number of carbonyl (C=O) groups is 1. The molecule has 0 saturated carbocycles. The van der Waals surface area contributed by atoms with Gasteiger partial charge in [0.1, 0.15) is 11.8 Å². The number of ether oxygens (including phenoxy) is 3. The van der Waals surface area contributed by atoms with Gasteiger partial charge in [-0.2, -0.15) is 0 Å². The number of hydrogen-bond acceptors (Lipinski definition) is 5. The van der Waals surface area contributed by atoms with Gasteiger partial charge in [-0.15, -0.1) is 0 Å². The fraction of sp³-hybridized carbons (Fsp3) is 0.316. The maximum absolute atomic E-state index is 12.3. The summed E-state index contributed by atoms with van der Waals surface area (Å²) >= 11 is 0. The van der Waals surface area contributed by atoms with Gasteiger partial charge >= 0.3 is 0 Å². The van der Waals surface area contributed by atoms with Gasteiger partial charge in [0.2, 0.25) is 5.91 Å². The fourth-order valence-corrected chi connectivity index (χ4v) is 2.45. The van der Waals surface area contributed by atoms with E-state index in [-0.39, 0.29) is 12.5 Å². The summed E-state index contributed by atoms with van der Waals surface area (Å²) in [5.74, 6) is 1.46. The van der Waals surface area contributed by atoms with Gasteiger partial charge < -0.3 is 25.3 Å². The lowest BCUT2D eigenvalue weighted by molar-refractivity contribution is -0.122. The van der Waals surface area contributed by atoms with E-state index in [1.807, 2.05) is 31.2 Å². The zero-order valence-electron chi connectivity index (χ0n) is 15.0. The van der Waals surface area contributed by atoms with Crippen molar-refractivity contribution in [2.24, 2.45) is 5.73 Å². The van der Waals surface area contributed by atoms with Crippen LogP contribution in [0.1, 0.15) is 22.7 Å². The third-order valence-corrected chi connectivity index (χ3v) is 3.96. The summed E-state index contributed by atoms with van der Waals surface area (Å²) in [5, 5.41) is 2.84. The Morgan fingerprint density at radius 2 is 1.56 bits per heavy atom. The summed E-state index contributed by atoms with van der Waals surface area (Å²) in [7, 11) is 4.67. The van der Waals surface area contributed by atoms with Crippen molar-refractivity contribution in [3.8, 4) is 17.2 Å². The van der Waals surface area contributed by atoms with E-state index in [9.17, 15) is 4.79 Å². The first-order valence-corrected chi connectivity index (χ1v) is 7.89. The maximum atomic E-state index is 12.3. The highest BCUT2D eigenvalue weighted by atomic mass is 16.5. The monoisotopic (exact) mass is 344 g/mol. The van der Waals surface area contributed by atoms with E-state index in [4.69, 9.17) is 19.9 Å². The molecule has 0 aliphatic carbocycles. The Morgan fingerprint density at radius 3 is 2.12 bits per heavy atom. The van der Waals surface area contributed by atoms with Crippen molar-refractivity contribution < 1.29 is 19.0 Å². The Kier molecular flexibility index (Phi) is 6.25. The van der Waals surface area contributed by atoms with Crippen molar-refractivity contribution in [3.63, 3.8) is 0 Å². The lowest BCUT2D eigenvalue weighted by atomic mass is 10.1. The first kappa shape index (κ1) is 18.6. The fourth-order valence-electron chi connectivity index (χ4n) is 2.45. The van der Waals surface area contributed by atoms with Gasteiger partial charge in [-0.05, 0) is 18.6 Å². The molecule has 0 aliphatic heterocycles. The highest BCUT2D eigenvalue weighted by Gasteiger charge is 2.17. The van der Waals surface area contributed by atoms with Crippen LogP contribution in [0.4, 0.5) is 0 Å². The van der Waals surface area contributed by atoms with Crippen molar-refractivity contribution in [1.29, 1.82) is 0 Å². The molecule has 0 spiro atoms. The largest absolute Gasteiger partial charge is 0.496 e. The first-order chi connectivity index (χ1) is 12.0. The SMILES string of the molecule is COc1cc(OC)c(OC)cc1CNC(=O)C(N)c1ccc(C)cc1. The number of hydrogen-bond donors (Lipinski definition) is 2. The molecule has 1 atom stereocenters. The second kappa shape index (κ2) is 8.39. The van der Waals surface area contributed by atoms with E-state index in [2.05, 4.69) is 5.32 Å². The Labute approximate surface area is 147 Å². The molecule has 0 bridgehead atoms. The summed E-state index contributed by atoms with van der Waals surface area (Å²) in [6, 6.07) is 10.3. The maximum Gasteiger partial charge on any atom is 0.241 e. The van der Waals surface area contributed by atoms with Crippen LogP contribution in [0.15, 0.2) is 36.4 Å². The van der Waals surface area contributed by atoms with Crippen molar-refractivity contribution in [1.82, 2.24) is 5.32 Å². The van der Waals surface area contributed by atoms with E-state index in [0.29, 0.717) is 17.2 Å². The van der Waals surface area contributed by atoms with Crippen LogP contribution in [0.3, 0.4) is 0 Å².